The number of hydrogen-bond acceptors (Lipinski definition) is 3. The van der Waals surface area contributed by atoms with Crippen LogP contribution < -0.4 is 5.73 Å². The fourth-order valence-electron chi connectivity index (χ4n) is 2.03. The van der Waals surface area contributed by atoms with Crippen LogP contribution in [0.3, 0.4) is 0 Å². The Kier molecular flexibility index (Phi) is 4.32. The van der Waals surface area contributed by atoms with Gasteiger partial charge < -0.3 is 5.73 Å². The van der Waals surface area contributed by atoms with Gasteiger partial charge in [0.1, 0.15) is 10.8 Å². The first-order valence-corrected chi connectivity index (χ1v) is 7.28. The van der Waals surface area contributed by atoms with Crippen LogP contribution in [0.15, 0.2) is 18.2 Å². The highest BCUT2D eigenvalue weighted by molar-refractivity contribution is 7.15. The van der Waals surface area contributed by atoms with Crippen molar-refractivity contribution in [3.63, 3.8) is 0 Å². The molecule has 4 heteroatoms. The number of aryl methyl sites for hydroxylation is 1. The highest BCUT2D eigenvalue weighted by Gasteiger charge is 2.14. The Balaban J connectivity index is 2.45. The van der Waals surface area contributed by atoms with Gasteiger partial charge in [-0.25, -0.2) is 9.37 Å². The van der Waals surface area contributed by atoms with E-state index in [1.807, 2.05) is 6.92 Å². The van der Waals surface area contributed by atoms with Crippen LogP contribution >= 0.6 is 11.3 Å². The Morgan fingerprint density at radius 3 is 2.74 bits per heavy atom. The highest BCUT2D eigenvalue weighted by atomic mass is 32.1. The number of hydrogen-bond donors (Lipinski definition) is 1. The molecule has 0 saturated carbocycles. The van der Waals surface area contributed by atoms with Gasteiger partial charge in [-0.05, 0) is 37.0 Å². The van der Waals surface area contributed by atoms with Crippen LogP contribution in [-0.2, 0) is 13.0 Å². The lowest BCUT2D eigenvalue weighted by molar-refractivity contribution is 0.627. The smallest absolute Gasteiger partial charge is 0.124 e. The first-order chi connectivity index (χ1) is 9.01. The third kappa shape index (κ3) is 3.19. The third-order valence-corrected chi connectivity index (χ3v) is 4.15. The summed E-state index contributed by atoms with van der Waals surface area (Å²) < 4.78 is 13.4. The van der Waals surface area contributed by atoms with Gasteiger partial charge in [0, 0.05) is 17.0 Å². The fourth-order valence-corrected chi connectivity index (χ4v) is 3.08. The second-order valence-corrected chi connectivity index (χ2v) is 6.23. The van der Waals surface area contributed by atoms with E-state index in [4.69, 9.17) is 5.73 Å². The van der Waals surface area contributed by atoms with Crippen LogP contribution in [0.4, 0.5) is 4.39 Å². The van der Waals surface area contributed by atoms with E-state index in [1.165, 1.54) is 6.07 Å². The minimum Gasteiger partial charge on any atom is -0.326 e. The molecular formula is C15H19FN2S. The quantitative estimate of drug-likeness (QED) is 0.920. The zero-order valence-corrected chi connectivity index (χ0v) is 12.4. The van der Waals surface area contributed by atoms with E-state index in [2.05, 4.69) is 18.8 Å². The van der Waals surface area contributed by atoms with E-state index < -0.39 is 0 Å². The second-order valence-electron chi connectivity index (χ2n) is 5.15. The summed E-state index contributed by atoms with van der Waals surface area (Å²) >= 11 is 1.57. The molecule has 0 radical (unpaired) electrons. The molecule has 0 saturated heterocycles. The first-order valence-electron chi connectivity index (χ1n) is 6.46. The van der Waals surface area contributed by atoms with Crippen LogP contribution in [0, 0.1) is 18.7 Å². The predicted molar refractivity (Wildman–Crippen MR) is 78.7 cm³/mol. The van der Waals surface area contributed by atoms with Crippen molar-refractivity contribution in [3.05, 3.63) is 40.2 Å². The van der Waals surface area contributed by atoms with Crippen LogP contribution in [0.1, 0.15) is 30.0 Å². The standard InChI is InChI=1S/C15H19FN2S/c1-9(2)6-13-14(8-17)19-15(18-13)12-7-11(16)5-4-10(12)3/h4-5,7,9H,6,8,17H2,1-3H3. The molecule has 2 aromatic rings. The lowest BCUT2D eigenvalue weighted by Gasteiger charge is -2.03. The molecule has 1 heterocycles. The Hall–Kier alpha value is -1.26. The van der Waals surface area contributed by atoms with E-state index in [0.717, 1.165) is 33.1 Å². The minimum atomic E-state index is -0.226. The molecule has 2 rings (SSSR count). The summed E-state index contributed by atoms with van der Waals surface area (Å²) in [5.74, 6) is 0.310. The normalized spacial score (nSPS) is 11.3. The Morgan fingerprint density at radius 2 is 2.11 bits per heavy atom. The zero-order chi connectivity index (χ0) is 14.0. The lowest BCUT2D eigenvalue weighted by atomic mass is 10.1. The maximum atomic E-state index is 13.4. The number of benzene rings is 1. The summed E-state index contributed by atoms with van der Waals surface area (Å²) in [6.45, 7) is 6.79. The molecule has 0 aliphatic carbocycles. The molecule has 2 nitrogen and oxygen atoms in total. The number of halogens is 1. The van der Waals surface area contributed by atoms with Crippen molar-refractivity contribution in [2.45, 2.75) is 33.7 Å². The van der Waals surface area contributed by atoms with Crippen molar-refractivity contribution in [2.75, 3.05) is 0 Å². The molecule has 102 valence electrons. The van der Waals surface area contributed by atoms with E-state index in [9.17, 15) is 4.39 Å². The highest BCUT2D eigenvalue weighted by Crippen LogP contribution is 2.31. The zero-order valence-electron chi connectivity index (χ0n) is 11.5. The number of thiazole rings is 1. The summed E-state index contributed by atoms with van der Waals surface area (Å²) in [6, 6.07) is 4.81. The van der Waals surface area contributed by atoms with Crippen LogP contribution in [-0.4, -0.2) is 4.98 Å². The number of nitrogens with zero attached hydrogens (tertiary/aromatic N) is 1. The van der Waals surface area contributed by atoms with Gasteiger partial charge in [0.2, 0.25) is 0 Å². The lowest BCUT2D eigenvalue weighted by Crippen LogP contribution is -2.02. The van der Waals surface area contributed by atoms with Gasteiger partial charge in [-0.1, -0.05) is 19.9 Å². The van der Waals surface area contributed by atoms with Crippen LogP contribution in [0.2, 0.25) is 0 Å². The summed E-state index contributed by atoms with van der Waals surface area (Å²) in [4.78, 5) is 5.77. The molecule has 0 aliphatic rings. The average molecular weight is 278 g/mol. The van der Waals surface area contributed by atoms with Gasteiger partial charge in [-0.3, -0.25) is 0 Å². The molecule has 0 unspecified atom stereocenters. The van der Waals surface area contributed by atoms with Gasteiger partial charge in [-0.2, -0.15) is 0 Å². The molecule has 0 amide bonds. The maximum absolute atomic E-state index is 13.4. The second kappa shape index (κ2) is 5.80. The summed E-state index contributed by atoms with van der Waals surface area (Å²) in [7, 11) is 0. The average Bonchev–Trinajstić information content (AvgIpc) is 2.74. The summed E-state index contributed by atoms with van der Waals surface area (Å²) in [6.07, 6.45) is 0.914. The van der Waals surface area contributed by atoms with Crippen molar-refractivity contribution < 1.29 is 4.39 Å². The SMILES string of the molecule is Cc1ccc(F)cc1-c1nc(CC(C)C)c(CN)s1. The van der Waals surface area contributed by atoms with Crippen molar-refractivity contribution in [2.24, 2.45) is 11.7 Å². The molecular weight excluding hydrogens is 259 g/mol. The summed E-state index contributed by atoms with van der Waals surface area (Å²) in [5, 5.41) is 0.869. The molecule has 1 aromatic heterocycles. The topological polar surface area (TPSA) is 38.9 Å². The third-order valence-electron chi connectivity index (χ3n) is 3.00. The Morgan fingerprint density at radius 1 is 1.37 bits per heavy atom. The largest absolute Gasteiger partial charge is 0.326 e. The van der Waals surface area contributed by atoms with Gasteiger partial charge in [0.15, 0.2) is 0 Å². The van der Waals surface area contributed by atoms with E-state index in [1.54, 1.807) is 23.5 Å². The molecule has 2 N–H and O–H groups in total. The van der Waals surface area contributed by atoms with Gasteiger partial charge >= 0.3 is 0 Å². The first kappa shape index (κ1) is 14.2. The van der Waals surface area contributed by atoms with Crippen molar-refractivity contribution in [1.29, 1.82) is 0 Å². The molecule has 1 aromatic carbocycles. The fraction of sp³-hybridized carbons (Fsp3) is 0.400. The van der Waals surface area contributed by atoms with E-state index in [-0.39, 0.29) is 5.82 Å². The minimum absolute atomic E-state index is 0.226. The maximum Gasteiger partial charge on any atom is 0.124 e. The Labute approximate surface area is 117 Å². The van der Waals surface area contributed by atoms with E-state index in [0.29, 0.717) is 12.5 Å². The molecule has 0 aliphatic heterocycles. The van der Waals surface area contributed by atoms with Crippen LogP contribution in [0.25, 0.3) is 10.6 Å². The van der Waals surface area contributed by atoms with Gasteiger partial charge in [0.05, 0.1) is 5.69 Å². The predicted octanol–water partition coefficient (Wildman–Crippen LogP) is 3.91. The van der Waals surface area contributed by atoms with Gasteiger partial charge in [-0.15, -0.1) is 11.3 Å². The monoisotopic (exact) mass is 278 g/mol. The summed E-state index contributed by atoms with van der Waals surface area (Å²) in [5.41, 5.74) is 8.75. The molecule has 0 bridgehead atoms. The van der Waals surface area contributed by atoms with Crippen molar-refractivity contribution in [3.8, 4) is 10.6 Å². The molecule has 0 atom stereocenters. The molecule has 19 heavy (non-hydrogen) atoms. The molecule has 0 spiro atoms. The molecule has 0 fully saturated rings. The van der Waals surface area contributed by atoms with Crippen molar-refractivity contribution in [1.82, 2.24) is 4.98 Å². The van der Waals surface area contributed by atoms with Gasteiger partial charge in [0.25, 0.3) is 0 Å². The number of rotatable bonds is 4. The Bertz CT molecular complexity index is 576. The number of nitrogens with two attached hydrogens (primary N) is 1. The van der Waals surface area contributed by atoms with Crippen molar-refractivity contribution >= 4 is 11.3 Å². The number of aromatic nitrogens is 1. The van der Waals surface area contributed by atoms with Crippen LogP contribution in [0.5, 0.6) is 0 Å². The van der Waals surface area contributed by atoms with E-state index >= 15 is 0 Å².